The van der Waals surface area contributed by atoms with Gasteiger partial charge in [0.25, 0.3) is 5.69 Å². The lowest BCUT2D eigenvalue weighted by molar-refractivity contribution is -0.384. The van der Waals surface area contributed by atoms with Crippen molar-refractivity contribution in [3.05, 3.63) is 34.4 Å². The van der Waals surface area contributed by atoms with E-state index in [2.05, 4.69) is 11.8 Å². The van der Waals surface area contributed by atoms with E-state index in [4.69, 9.17) is 0 Å². The Hall–Kier alpha value is -2.11. The van der Waals surface area contributed by atoms with Crippen molar-refractivity contribution >= 4 is 17.3 Å². The van der Waals surface area contributed by atoms with Gasteiger partial charge in [0.1, 0.15) is 0 Å². The maximum absolute atomic E-state index is 12.3. The number of amides is 1. The van der Waals surface area contributed by atoms with E-state index in [1.54, 1.807) is 12.1 Å². The molecule has 0 aliphatic carbocycles. The molecule has 0 radical (unpaired) electrons. The van der Waals surface area contributed by atoms with E-state index in [9.17, 15) is 14.9 Å². The van der Waals surface area contributed by atoms with E-state index < -0.39 is 0 Å². The van der Waals surface area contributed by atoms with Gasteiger partial charge in [0.05, 0.1) is 4.92 Å². The summed E-state index contributed by atoms with van der Waals surface area (Å²) < 4.78 is 0. The first-order valence-electron chi connectivity index (χ1n) is 9.39. The van der Waals surface area contributed by atoms with E-state index in [0.717, 1.165) is 44.7 Å². The van der Waals surface area contributed by atoms with Crippen molar-refractivity contribution in [2.75, 3.05) is 31.1 Å². The predicted octanol–water partition coefficient (Wildman–Crippen LogP) is 3.99. The zero-order valence-corrected chi connectivity index (χ0v) is 15.2. The smallest absolute Gasteiger partial charge is 0.269 e. The molecule has 0 atom stereocenters. The van der Waals surface area contributed by atoms with Gasteiger partial charge in [-0.3, -0.25) is 14.9 Å². The third kappa shape index (κ3) is 6.03. The lowest BCUT2D eigenvalue weighted by Crippen LogP contribution is -2.48. The second kappa shape index (κ2) is 10.0. The molecule has 6 heteroatoms. The molecule has 1 aliphatic rings. The Balaban J connectivity index is 1.70. The van der Waals surface area contributed by atoms with Crippen molar-refractivity contribution in [3.63, 3.8) is 0 Å². The van der Waals surface area contributed by atoms with Crippen molar-refractivity contribution in [1.29, 1.82) is 0 Å². The number of nitro benzene ring substituents is 1. The molecule has 0 aromatic heterocycles. The lowest BCUT2D eigenvalue weighted by atomic mass is 10.1. The molecule has 0 spiro atoms. The number of hydrogen-bond acceptors (Lipinski definition) is 4. The number of rotatable bonds is 9. The van der Waals surface area contributed by atoms with E-state index in [1.807, 2.05) is 4.90 Å². The Labute approximate surface area is 150 Å². The summed E-state index contributed by atoms with van der Waals surface area (Å²) in [4.78, 5) is 26.7. The van der Waals surface area contributed by atoms with E-state index in [0.29, 0.717) is 6.42 Å². The summed E-state index contributed by atoms with van der Waals surface area (Å²) in [7, 11) is 0. The van der Waals surface area contributed by atoms with Gasteiger partial charge >= 0.3 is 0 Å². The fourth-order valence-electron chi connectivity index (χ4n) is 3.21. The SMILES string of the molecule is CCCCCCCCC(=O)N1CCN(c2ccc([N+](=O)[O-])cc2)CC1. The van der Waals surface area contributed by atoms with Crippen molar-refractivity contribution in [2.24, 2.45) is 0 Å². The first-order valence-corrected chi connectivity index (χ1v) is 9.39. The molecule has 1 aromatic rings. The minimum atomic E-state index is -0.386. The average molecular weight is 347 g/mol. The van der Waals surface area contributed by atoms with Crippen molar-refractivity contribution < 1.29 is 9.72 Å². The van der Waals surface area contributed by atoms with Gasteiger partial charge in [-0.1, -0.05) is 39.0 Å². The minimum absolute atomic E-state index is 0.108. The van der Waals surface area contributed by atoms with Crippen molar-refractivity contribution in [2.45, 2.75) is 51.9 Å². The number of non-ortho nitro benzene ring substituents is 1. The van der Waals surface area contributed by atoms with Gasteiger partial charge in [0, 0.05) is 50.4 Å². The highest BCUT2D eigenvalue weighted by Crippen LogP contribution is 2.21. The number of piperazine rings is 1. The van der Waals surface area contributed by atoms with E-state index in [1.165, 1.54) is 37.8 Å². The van der Waals surface area contributed by atoms with Crippen LogP contribution in [0.1, 0.15) is 51.9 Å². The van der Waals surface area contributed by atoms with Crippen LogP contribution in [-0.2, 0) is 4.79 Å². The van der Waals surface area contributed by atoms with Crippen LogP contribution in [0.5, 0.6) is 0 Å². The number of unbranched alkanes of at least 4 members (excludes halogenated alkanes) is 5. The Kier molecular flexibility index (Phi) is 7.70. The van der Waals surface area contributed by atoms with Crippen molar-refractivity contribution in [1.82, 2.24) is 4.90 Å². The largest absolute Gasteiger partial charge is 0.368 e. The fourth-order valence-corrected chi connectivity index (χ4v) is 3.21. The highest BCUT2D eigenvalue weighted by atomic mass is 16.6. The maximum Gasteiger partial charge on any atom is 0.269 e. The summed E-state index contributed by atoms with van der Waals surface area (Å²) in [6, 6.07) is 6.63. The molecular weight excluding hydrogens is 318 g/mol. The fraction of sp³-hybridized carbons (Fsp3) is 0.632. The van der Waals surface area contributed by atoms with E-state index in [-0.39, 0.29) is 16.5 Å². The molecule has 138 valence electrons. The van der Waals surface area contributed by atoms with Gasteiger partial charge in [-0.25, -0.2) is 0 Å². The second-order valence-corrected chi connectivity index (χ2v) is 6.66. The quantitative estimate of drug-likeness (QED) is 0.385. The van der Waals surface area contributed by atoms with Gasteiger partial charge in [-0.15, -0.1) is 0 Å². The topological polar surface area (TPSA) is 66.7 Å². The van der Waals surface area contributed by atoms with Crippen LogP contribution in [0.4, 0.5) is 11.4 Å². The molecule has 0 unspecified atom stereocenters. The molecular formula is C19H29N3O3. The Bertz CT molecular complexity index is 552. The predicted molar refractivity (Wildman–Crippen MR) is 99.9 cm³/mol. The molecule has 1 heterocycles. The molecule has 1 fully saturated rings. The number of anilines is 1. The molecule has 1 amide bonds. The molecule has 2 rings (SSSR count). The third-order valence-electron chi connectivity index (χ3n) is 4.80. The second-order valence-electron chi connectivity index (χ2n) is 6.66. The number of carbonyl (C=O) groups is 1. The molecule has 1 saturated heterocycles. The van der Waals surface area contributed by atoms with Crippen LogP contribution in [0.3, 0.4) is 0 Å². The minimum Gasteiger partial charge on any atom is -0.368 e. The number of nitrogens with zero attached hydrogens (tertiary/aromatic N) is 3. The van der Waals surface area contributed by atoms with Gasteiger partial charge in [0.15, 0.2) is 0 Å². The van der Waals surface area contributed by atoms with Gasteiger partial charge in [-0.2, -0.15) is 0 Å². The standard InChI is InChI=1S/C19H29N3O3/c1-2-3-4-5-6-7-8-19(23)21-15-13-20(14-16-21)17-9-11-18(12-10-17)22(24)25/h9-12H,2-8,13-16H2,1H3. The first-order chi connectivity index (χ1) is 12.1. The maximum atomic E-state index is 12.3. The normalized spacial score (nSPS) is 14.6. The van der Waals surface area contributed by atoms with Crippen LogP contribution in [0.25, 0.3) is 0 Å². The van der Waals surface area contributed by atoms with Gasteiger partial charge < -0.3 is 9.80 Å². The summed E-state index contributed by atoms with van der Waals surface area (Å²) in [6.45, 7) is 5.22. The van der Waals surface area contributed by atoms with Crippen LogP contribution in [0, 0.1) is 10.1 Å². The summed E-state index contributed by atoms with van der Waals surface area (Å²) in [5.74, 6) is 0.263. The van der Waals surface area contributed by atoms with Crippen LogP contribution < -0.4 is 4.90 Å². The Morgan fingerprint density at radius 2 is 1.60 bits per heavy atom. The molecule has 6 nitrogen and oxygen atoms in total. The third-order valence-corrected chi connectivity index (χ3v) is 4.80. The van der Waals surface area contributed by atoms with E-state index >= 15 is 0 Å². The lowest BCUT2D eigenvalue weighted by Gasteiger charge is -2.36. The molecule has 1 aromatic carbocycles. The highest BCUT2D eigenvalue weighted by molar-refractivity contribution is 5.76. The summed E-state index contributed by atoms with van der Waals surface area (Å²) in [5.41, 5.74) is 1.09. The van der Waals surface area contributed by atoms with Gasteiger partial charge in [-0.05, 0) is 18.6 Å². The number of hydrogen-bond donors (Lipinski definition) is 0. The summed E-state index contributed by atoms with van der Waals surface area (Å²) in [6.07, 6.45) is 7.84. The van der Waals surface area contributed by atoms with Crippen LogP contribution in [-0.4, -0.2) is 41.9 Å². The van der Waals surface area contributed by atoms with Gasteiger partial charge in [0.2, 0.25) is 5.91 Å². The highest BCUT2D eigenvalue weighted by Gasteiger charge is 2.21. The first kappa shape index (κ1) is 19.2. The van der Waals surface area contributed by atoms with Crippen molar-refractivity contribution in [3.8, 4) is 0 Å². The van der Waals surface area contributed by atoms with Crippen LogP contribution >= 0.6 is 0 Å². The number of benzene rings is 1. The number of nitro groups is 1. The van der Waals surface area contributed by atoms with Crippen LogP contribution in [0.15, 0.2) is 24.3 Å². The monoisotopic (exact) mass is 347 g/mol. The van der Waals surface area contributed by atoms with Crippen LogP contribution in [0.2, 0.25) is 0 Å². The number of carbonyl (C=O) groups excluding carboxylic acids is 1. The molecule has 0 saturated carbocycles. The summed E-state index contributed by atoms with van der Waals surface area (Å²) >= 11 is 0. The molecule has 1 aliphatic heterocycles. The zero-order chi connectivity index (χ0) is 18.1. The molecule has 0 bridgehead atoms. The molecule has 25 heavy (non-hydrogen) atoms. The summed E-state index contributed by atoms with van der Waals surface area (Å²) in [5, 5.41) is 10.7. The Morgan fingerprint density at radius 1 is 1.00 bits per heavy atom. The zero-order valence-electron chi connectivity index (χ0n) is 15.2. The Morgan fingerprint density at radius 3 is 2.20 bits per heavy atom. The average Bonchev–Trinajstić information content (AvgIpc) is 2.64. The molecule has 0 N–H and O–H groups in total.